The lowest BCUT2D eigenvalue weighted by Crippen LogP contribution is -2.21. The number of aryl methyl sites for hydroxylation is 2. The van der Waals surface area contributed by atoms with Crippen LogP contribution in [0.2, 0.25) is 0 Å². The minimum Gasteiger partial charge on any atom is -0.445 e. The molecule has 0 saturated carbocycles. The summed E-state index contributed by atoms with van der Waals surface area (Å²) in [6, 6.07) is 19.7. The van der Waals surface area contributed by atoms with Crippen LogP contribution in [0.25, 0.3) is 0 Å². The van der Waals surface area contributed by atoms with E-state index in [0.29, 0.717) is 11.1 Å². The summed E-state index contributed by atoms with van der Waals surface area (Å²) in [4.78, 5) is 25.5. The maximum Gasteiger partial charge on any atom is 0.342 e. The molecule has 136 valence electrons. The fraction of sp³-hybridized carbons (Fsp3) is 0.130. The van der Waals surface area contributed by atoms with Gasteiger partial charge in [-0.2, -0.15) is 0 Å². The van der Waals surface area contributed by atoms with E-state index >= 15 is 0 Å². The van der Waals surface area contributed by atoms with Gasteiger partial charge in [0.1, 0.15) is 5.82 Å². The topological polar surface area (TPSA) is 43.4 Å². The van der Waals surface area contributed by atoms with Crippen LogP contribution in [0.5, 0.6) is 0 Å². The van der Waals surface area contributed by atoms with Gasteiger partial charge in [0.2, 0.25) is 5.78 Å². The molecule has 0 radical (unpaired) electrons. The fourth-order valence-electron chi connectivity index (χ4n) is 2.68. The molecule has 0 aliphatic heterocycles. The number of carbonyl (C=O) groups excluding carboxylic acids is 2. The summed E-state index contributed by atoms with van der Waals surface area (Å²) in [5, 5.41) is 0. The highest BCUT2D eigenvalue weighted by molar-refractivity contribution is 6.02. The Morgan fingerprint density at radius 2 is 1.37 bits per heavy atom. The van der Waals surface area contributed by atoms with E-state index in [1.807, 2.05) is 38.1 Å². The van der Waals surface area contributed by atoms with Gasteiger partial charge in [0.25, 0.3) is 0 Å². The minimum absolute atomic E-state index is 0.202. The first-order chi connectivity index (χ1) is 13.0. The fourth-order valence-corrected chi connectivity index (χ4v) is 2.68. The maximum atomic E-state index is 13.9. The van der Waals surface area contributed by atoms with Crippen LogP contribution < -0.4 is 0 Å². The van der Waals surface area contributed by atoms with Crippen LogP contribution >= 0.6 is 0 Å². The van der Waals surface area contributed by atoms with Crippen LogP contribution in [0, 0.1) is 19.7 Å². The second-order valence-electron chi connectivity index (χ2n) is 6.41. The summed E-state index contributed by atoms with van der Waals surface area (Å²) in [5.41, 5.74) is 2.79. The molecule has 0 fully saturated rings. The smallest absolute Gasteiger partial charge is 0.342 e. The molecule has 3 aromatic rings. The van der Waals surface area contributed by atoms with Crippen molar-refractivity contribution >= 4 is 11.8 Å². The van der Waals surface area contributed by atoms with Gasteiger partial charge in [0.05, 0.1) is 5.56 Å². The van der Waals surface area contributed by atoms with Crippen LogP contribution in [-0.2, 0) is 4.74 Å². The summed E-state index contributed by atoms with van der Waals surface area (Å²) >= 11 is 0. The molecular weight excluding hydrogens is 343 g/mol. The van der Waals surface area contributed by atoms with Gasteiger partial charge < -0.3 is 4.74 Å². The number of hydrogen-bond acceptors (Lipinski definition) is 3. The second-order valence-corrected chi connectivity index (χ2v) is 6.41. The first kappa shape index (κ1) is 18.5. The van der Waals surface area contributed by atoms with Gasteiger partial charge in [0.15, 0.2) is 6.10 Å². The van der Waals surface area contributed by atoms with Crippen LogP contribution in [0.3, 0.4) is 0 Å². The third-order valence-corrected chi connectivity index (χ3v) is 4.27. The van der Waals surface area contributed by atoms with Gasteiger partial charge in [-0.3, -0.25) is 4.79 Å². The van der Waals surface area contributed by atoms with E-state index in [2.05, 4.69) is 0 Å². The first-order valence-electron chi connectivity index (χ1n) is 8.58. The molecule has 0 unspecified atom stereocenters. The number of benzene rings is 3. The quantitative estimate of drug-likeness (QED) is 0.461. The summed E-state index contributed by atoms with van der Waals surface area (Å²) in [6.07, 6.45) is -1.15. The number of rotatable bonds is 5. The lowest BCUT2D eigenvalue weighted by molar-refractivity contribution is 0.0275. The van der Waals surface area contributed by atoms with E-state index in [1.54, 1.807) is 30.3 Å². The van der Waals surface area contributed by atoms with E-state index < -0.39 is 17.9 Å². The third-order valence-electron chi connectivity index (χ3n) is 4.27. The summed E-state index contributed by atoms with van der Waals surface area (Å²) in [6.45, 7) is 3.84. The Bertz CT molecular complexity index is 960. The average Bonchev–Trinajstić information content (AvgIpc) is 2.67. The molecular formula is C23H19FO3. The molecule has 0 N–H and O–H groups in total. The van der Waals surface area contributed by atoms with Gasteiger partial charge in [-0.25, -0.2) is 9.18 Å². The number of esters is 1. The Labute approximate surface area is 157 Å². The molecule has 0 amide bonds. The Hall–Kier alpha value is -3.27. The zero-order valence-corrected chi connectivity index (χ0v) is 15.1. The molecule has 0 aliphatic carbocycles. The minimum atomic E-state index is -1.15. The standard InChI is InChI=1S/C23H19FO3/c1-15-7-11-17(12-8-15)21(25)22(18-13-9-16(2)10-14-18)27-23(26)19-5-3-4-6-20(19)24/h3-14,22H,1-2H3/t22-/m1/s1. The Balaban J connectivity index is 1.96. The van der Waals surface area contributed by atoms with Gasteiger partial charge in [-0.1, -0.05) is 71.8 Å². The van der Waals surface area contributed by atoms with Crippen molar-refractivity contribution < 1.29 is 18.7 Å². The van der Waals surface area contributed by atoms with Gasteiger partial charge in [0, 0.05) is 11.1 Å². The van der Waals surface area contributed by atoms with E-state index in [1.165, 1.54) is 18.2 Å². The largest absolute Gasteiger partial charge is 0.445 e. The van der Waals surface area contributed by atoms with Crippen molar-refractivity contribution in [2.45, 2.75) is 20.0 Å². The average molecular weight is 362 g/mol. The van der Waals surface area contributed by atoms with E-state index in [0.717, 1.165) is 11.1 Å². The molecule has 27 heavy (non-hydrogen) atoms. The number of ketones is 1. The summed E-state index contributed by atoms with van der Waals surface area (Å²) in [5.74, 6) is -1.92. The summed E-state index contributed by atoms with van der Waals surface area (Å²) in [7, 11) is 0. The van der Waals surface area contributed by atoms with Crippen LogP contribution in [-0.4, -0.2) is 11.8 Å². The zero-order chi connectivity index (χ0) is 19.4. The first-order valence-corrected chi connectivity index (χ1v) is 8.58. The number of ether oxygens (including phenoxy) is 1. The van der Waals surface area contributed by atoms with Crippen molar-refractivity contribution in [2.75, 3.05) is 0 Å². The number of Topliss-reactive ketones (excluding diaryl/α,β-unsaturated/α-hetero) is 1. The maximum absolute atomic E-state index is 13.9. The molecule has 0 aromatic heterocycles. The van der Waals surface area contributed by atoms with Gasteiger partial charge >= 0.3 is 5.97 Å². The molecule has 0 saturated heterocycles. The predicted octanol–water partition coefficient (Wildman–Crippen LogP) is 5.22. The second kappa shape index (κ2) is 7.96. The van der Waals surface area contributed by atoms with Crippen molar-refractivity contribution in [2.24, 2.45) is 0 Å². The van der Waals surface area contributed by atoms with Crippen LogP contribution in [0.4, 0.5) is 4.39 Å². The lowest BCUT2D eigenvalue weighted by Gasteiger charge is -2.18. The third kappa shape index (κ3) is 4.29. The van der Waals surface area contributed by atoms with Crippen LogP contribution in [0.15, 0.2) is 72.8 Å². The molecule has 3 rings (SSSR count). The highest BCUT2D eigenvalue weighted by atomic mass is 19.1. The molecule has 3 nitrogen and oxygen atoms in total. The Kier molecular flexibility index (Phi) is 5.46. The molecule has 4 heteroatoms. The highest BCUT2D eigenvalue weighted by Crippen LogP contribution is 2.25. The molecule has 1 atom stereocenters. The van der Waals surface area contributed by atoms with Gasteiger partial charge in [-0.05, 0) is 26.0 Å². The Morgan fingerprint density at radius 3 is 1.96 bits per heavy atom. The van der Waals surface area contributed by atoms with Crippen molar-refractivity contribution in [3.63, 3.8) is 0 Å². The van der Waals surface area contributed by atoms with E-state index in [4.69, 9.17) is 4.74 Å². The van der Waals surface area contributed by atoms with E-state index in [9.17, 15) is 14.0 Å². The number of hydrogen-bond donors (Lipinski definition) is 0. The highest BCUT2D eigenvalue weighted by Gasteiger charge is 2.27. The monoisotopic (exact) mass is 362 g/mol. The lowest BCUT2D eigenvalue weighted by atomic mass is 9.98. The van der Waals surface area contributed by atoms with Crippen LogP contribution in [0.1, 0.15) is 43.5 Å². The van der Waals surface area contributed by atoms with Crippen molar-refractivity contribution in [1.82, 2.24) is 0 Å². The molecule has 0 aliphatic rings. The number of carbonyl (C=O) groups is 2. The molecule has 0 spiro atoms. The molecule has 0 bridgehead atoms. The van der Waals surface area contributed by atoms with E-state index in [-0.39, 0.29) is 11.3 Å². The van der Waals surface area contributed by atoms with Crippen molar-refractivity contribution in [1.29, 1.82) is 0 Å². The van der Waals surface area contributed by atoms with Crippen molar-refractivity contribution in [3.05, 3.63) is 106 Å². The molecule has 0 heterocycles. The van der Waals surface area contributed by atoms with Crippen molar-refractivity contribution in [3.8, 4) is 0 Å². The molecule has 3 aromatic carbocycles. The predicted molar refractivity (Wildman–Crippen MR) is 101 cm³/mol. The van der Waals surface area contributed by atoms with Gasteiger partial charge in [-0.15, -0.1) is 0 Å². The zero-order valence-electron chi connectivity index (χ0n) is 15.1. The SMILES string of the molecule is Cc1ccc(C(=O)[C@H](OC(=O)c2ccccc2F)c2ccc(C)cc2)cc1. The normalized spacial score (nSPS) is 11.7. The number of halogens is 1. The Morgan fingerprint density at radius 1 is 0.815 bits per heavy atom. The summed E-state index contributed by atoms with van der Waals surface area (Å²) < 4.78 is 19.4.